The number of urea groups is 1. The molecule has 7 heteroatoms. The lowest BCUT2D eigenvalue weighted by atomic mass is 10.1. The first-order chi connectivity index (χ1) is 11.6. The summed E-state index contributed by atoms with van der Waals surface area (Å²) in [5.41, 5.74) is 1.22. The Bertz CT molecular complexity index is 640. The molecule has 0 radical (unpaired) electrons. The second-order valence-corrected chi connectivity index (χ2v) is 6.95. The summed E-state index contributed by atoms with van der Waals surface area (Å²) in [6.07, 6.45) is 5.48. The molecule has 3 rings (SSSR count). The summed E-state index contributed by atoms with van der Waals surface area (Å²) < 4.78 is 0. The Hall–Kier alpha value is -1.99. The van der Waals surface area contributed by atoms with E-state index < -0.39 is 0 Å². The number of nitrogens with zero attached hydrogens (tertiary/aromatic N) is 4. The average molecular weight is 345 g/mol. The molecule has 1 aliphatic rings. The van der Waals surface area contributed by atoms with Gasteiger partial charge in [0, 0.05) is 56.2 Å². The van der Waals surface area contributed by atoms with Crippen LogP contribution in [0.4, 0.5) is 4.79 Å². The van der Waals surface area contributed by atoms with E-state index in [4.69, 9.17) is 0 Å². The van der Waals surface area contributed by atoms with Gasteiger partial charge in [0.05, 0.1) is 6.04 Å². The smallest absolute Gasteiger partial charge is 0.318 e. The van der Waals surface area contributed by atoms with Crippen molar-refractivity contribution < 1.29 is 4.79 Å². The minimum absolute atomic E-state index is 0.00798. The topological polar surface area (TPSA) is 61.4 Å². The molecular formula is C17H23N5OS. The summed E-state index contributed by atoms with van der Waals surface area (Å²) in [5.74, 6) is 0. The van der Waals surface area contributed by atoms with Crippen LogP contribution >= 0.6 is 11.3 Å². The highest BCUT2D eigenvalue weighted by Gasteiger charge is 2.25. The fraction of sp³-hybridized carbons (Fsp3) is 0.471. The quantitative estimate of drug-likeness (QED) is 0.925. The second kappa shape index (κ2) is 7.72. The summed E-state index contributed by atoms with van der Waals surface area (Å²) in [7, 11) is 0. The highest BCUT2D eigenvalue weighted by atomic mass is 32.1. The van der Waals surface area contributed by atoms with E-state index in [1.165, 1.54) is 5.56 Å². The first kappa shape index (κ1) is 16.9. The largest absolute Gasteiger partial charge is 0.329 e. The third-order valence-corrected chi connectivity index (χ3v) is 5.44. The van der Waals surface area contributed by atoms with Crippen LogP contribution in [0.5, 0.6) is 0 Å². The van der Waals surface area contributed by atoms with Crippen LogP contribution in [0.25, 0.3) is 0 Å². The van der Waals surface area contributed by atoms with E-state index in [2.05, 4.69) is 33.2 Å². The molecule has 2 amide bonds. The Morgan fingerprint density at radius 2 is 2.04 bits per heavy atom. The van der Waals surface area contributed by atoms with Gasteiger partial charge in [-0.1, -0.05) is 6.07 Å². The molecule has 1 aliphatic heterocycles. The lowest BCUT2D eigenvalue weighted by Gasteiger charge is -2.38. The van der Waals surface area contributed by atoms with E-state index >= 15 is 0 Å². The molecule has 0 saturated carbocycles. The van der Waals surface area contributed by atoms with Crippen molar-refractivity contribution in [2.24, 2.45) is 0 Å². The van der Waals surface area contributed by atoms with Crippen molar-refractivity contribution in [3.63, 3.8) is 0 Å². The van der Waals surface area contributed by atoms with Gasteiger partial charge >= 0.3 is 6.03 Å². The molecule has 3 heterocycles. The van der Waals surface area contributed by atoms with Gasteiger partial charge in [-0.2, -0.15) is 0 Å². The third-order valence-electron chi connectivity index (χ3n) is 4.48. The highest BCUT2D eigenvalue weighted by Crippen LogP contribution is 2.21. The van der Waals surface area contributed by atoms with Crippen molar-refractivity contribution in [2.45, 2.75) is 25.9 Å². The van der Waals surface area contributed by atoms with Crippen LogP contribution < -0.4 is 5.32 Å². The SMILES string of the molecule is C[C@H](NC(=O)N1CCN([C@@H](C)c2cccnc2)CC1)c1nccs1. The maximum Gasteiger partial charge on any atom is 0.318 e. The van der Waals surface area contributed by atoms with Crippen molar-refractivity contribution in [1.29, 1.82) is 0 Å². The number of hydrogen-bond acceptors (Lipinski definition) is 5. The molecule has 2 aromatic rings. The number of amides is 2. The van der Waals surface area contributed by atoms with Gasteiger partial charge in [0.25, 0.3) is 0 Å². The normalized spacial score (nSPS) is 18.2. The third kappa shape index (κ3) is 3.91. The van der Waals surface area contributed by atoms with Crippen molar-refractivity contribution in [3.8, 4) is 0 Å². The number of thiazole rings is 1. The molecule has 128 valence electrons. The lowest BCUT2D eigenvalue weighted by Crippen LogP contribution is -2.52. The van der Waals surface area contributed by atoms with Crippen LogP contribution in [0.1, 0.15) is 36.5 Å². The summed E-state index contributed by atoms with van der Waals surface area (Å²) >= 11 is 1.56. The van der Waals surface area contributed by atoms with E-state index in [9.17, 15) is 4.79 Å². The number of aromatic nitrogens is 2. The fourth-order valence-electron chi connectivity index (χ4n) is 2.93. The maximum absolute atomic E-state index is 12.4. The number of carbonyl (C=O) groups excluding carboxylic acids is 1. The minimum Gasteiger partial charge on any atom is -0.329 e. The summed E-state index contributed by atoms with van der Waals surface area (Å²) in [6, 6.07) is 4.33. The highest BCUT2D eigenvalue weighted by molar-refractivity contribution is 7.09. The predicted molar refractivity (Wildman–Crippen MR) is 94.9 cm³/mol. The van der Waals surface area contributed by atoms with Gasteiger partial charge in [-0.3, -0.25) is 9.88 Å². The molecule has 2 aromatic heterocycles. The Morgan fingerprint density at radius 1 is 1.25 bits per heavy atom. The van der Waals surface area contributed by atoms with Crippen LogP contribution in [0.15, 0.2) is 36.1 Å². The first-order valence-corrected chi connectivity index (χ1v) is 9.12. The summed E-state index contributed by atoms with van der Waals surface area (Å²) in [4.78, 5) is 25.1. The zero-order valence-electron chi connectivity index (χ0n) is 14.1. The molecule has 24 heavy (non-hydrogen) atoms. The van der Waals surface area contributed by atoms with Gasteiger partial charge in [-0.15, -0.1) is 11.3 Å². The zero-order chi connectivity index (χ0) is 16.9. The molecule has 6 nitrogen and oxygen atoms in total. The molecule has 1 fully saturated rings. The van der Waals surface area contributed by atoms with E-state index in [0.717, 1.165) is 31.2 Å². The number of piperazine rings is 1. The molecule has 1 saturated heterocycles. The minimum atomic E-state index is -0.0511. The second-order valence-electron chi connectivity index (χ2n) is 6.03. The maximum atomic E-state index is 12.4. The Morgan fingerprint density at radius 3 is 2.67 bits per heavy atom. The van der Waals surface area contributed by atoms with Crippen LogP contribution in [-0.4, -0.2) is 52.0 Å². The molecule has 0 spiro atoms. The predicted octanol–water partition coefficient (Wildman–Crippen LogP) is 2.69. The van der Waals surface area contributed by atoms with Crippen LogP contribution in [0.2, 0.25) is 0 Å². The molecular weight excluding hydrogens is 322 g/mol. The van der Waals surface area contributed by atoms with Crippen molar-refractivity contribution in [3.05, 3.63) is 46.7 Å². The van der Waals surface area contributed by atoms with Gasteiger partial charge in [0.2, 0.25) is 0 Å². The number of nitrogens with one attached hydrogen (secondary N) is 1. The van der Waals surface area contributed by atoms with Gasteiger partial charge in [0.15, 0.2) is 0 Å². The average Bonchev–Trinajstić information content (AvgIpc) is 3.17. The number of pyridine rings is 1. The standard InChI is InChI=1S/C17H23N5OS/c1-13(16-19-6-11-24-16)20-17(23)22-9-7-21(8-10-22)14(2)15-4-3-5-18-12-15/h3-6,11-14H,7-10H2,1-2H3,(H,20,23)/t13-,14-/m0/s1. The molecule has 1 N–H and O–H groups in total. The zero-order valence-corrected chi connectivity index (χ0v) is 14.9. The fourth-order valence-corrected chi connectivity index (χ4v) is 3.58. The van der Waals surface area contributed by atoms with Crippen LogP contribution in [0.3, 0.4) is 0 Å². The number of rotatable bonds is 4. The Balaban J connectivity index is 1.50. The Labute approximate surface area is 146 Å². The molecule has 0 unspecified atom stereocenters. The number of hydrogen-bond donors (Lipinski definition) is 1. The van der Waals surface area contributed by atoms with E-state index in [1.807, 2.05) is 29.5 Å². The van der Waals surface area contributed by atoms with Crippen molar-refractivity contribution in [1.82, 2.24) is 25.1 Å². The molecule has 0 aliphatic carbocycles. The first-order valence-electron chi connectivity index (χ1n) is 8.24. The molecule has 0 bridgehead atoms. The van der Waals surface area contributed by atoms with Crippen LogP contribution in [-0.2, 0) is 0 Å². The van der Waals surface area contributed by atoms with Crippen molar-refractivity contribution >= 4 is 17.4 Å². The van der Waals surface area contributed by atoms with Gasteiger partial charge in [0.1, 0.15) is 5.01 Å². The van der Waals surface area contributed by atoms with Gasteiger partial charge < -0.3 is 10.2 Å². The monoisotopic (exact) mass is 345 g/mol. The Kier molecular flexibility index (Phi) is 5.42. The number of carbonyl (C=O) groups is 1. The summed E-state index contributed by atoms with van der Waals surface area (Å²) in [5, 5.41) is 5.90. The molecule has 0 aromatic carbocycles. The van der Waals surface area contributed by atoms with E-state index in [0.29, 0.717) is 6.04 Å². The van der Waals surface area contributed by atoms with Gasteiger partial charge in [-0.05, 0) is 25.5 Å². The van der Waals surface area contributed by atoms with Crippen LogP contribution in [0, 0.1) is 0 Å². The molecule has 2 atom stereocenters. The summed E-state index contributed by atoms with van der Waals surface area (Å²) in [6.45, 7) is 7.38. The van der Waals surface area contributed by atoms with E-state index in [-0.39, 0.29) is 12.1 Å². The lowest BCUT2D eigenvalue weighted by molar-refractivity contribution is 0.112. The van der Waals surface area contributed by atoms with E-state index in [1.54, 1.807) is 23.7 Å². The van der Waals surface area contributed by atoms with Crippen molar-refractivity contribution in [2.75, 3.05) is 26.2 Å². The van der Waals surface area contributed by atoms with Gasteiger partial charge in [-0.25, -0.2) is 9.78 Å².